The number of carbonyl (C=O) groups is 3. The number of benzene rings is 1. The molecule has 1 aromatic carbocycles. The molecule has 24 heavy (non-hydrogen) atoms. The summed E-state index contributed by atoms with van der Waals surface area (Å²) in [4.78, 5) is 37.2. The minimum atomic E-state index is -0.606. The van der Waals surface area contributed by atoms with Crippen LogP contribution in [-0.2, 0) is 14.3 Å². The molecule has 0 bridgehead atoms. The molecule has 1 fully saturated rings. The zero-order valence-electron chi connectivity index (χ0n) is 14.0. The van der Waals surface area contributed by atoms with Crippen LogP contribution >= 0.6 is 11.8 Å². The molecule has 0 unspecified atom stereocenters. The third kappa shape index (κ3) is 4.17. The van der Waals surface area contributed by atoms with Gasteiger partial charge < -0.3 is 9.47 Å². The lowest BCUT2D eigenvalue weighted by Gasteiger charge is -2.13. The summed E-state index contributed by atoms with van der Waals surface area (Å²) in [5.74, 6) is -0.403. The molecule has 2 rings (SSSR count). The quantitative estimate of drug-likeness (QED) is 0.601. The number of imide groups is 1. The van der Waals surface area contributed by atoms with Gasteiger partial charge in [0.05, 0.1) is 18.1 Å². The summed E-state index contributed by atoms with van der Waals surface area (Å²) in [5.41, 5.74) is 1.71. The molecule has 1 saturated heterocycles. The Morgan fingerprint density at radius 1 is 1.33 bits per heavy atom. The molecule has 1 aliphatic rings. The van der Waals surface area contributed by atoms with E-state index in [4.69, 9.17) is 9.47 Å². The minimum Gasteiger partial charge on any atom is -0.496 e. The fraction of sp³-hybridized carbons (Fsp3) is 0.353. The Labute approximate surface area is 144 Å². The molecule has 6 nitrogen and oxygen atoms in total. The normalized spacial score (nSPS) is 16.2. The number of hydrogen-bond acceptors (Lipinski definition) is 6. The van der Waals surface area contributed by atoms with Gasteiger partial charge >= 0.3 is 5.97 Å². The standard InChI is InChI=1S/C17H19NO5S/c1-10(2)23-15(19)9-18-16(20)14(24-17(18)21)8-12-6-5-11(3)13(7-12)22-4/h5-8,10H,9H2,1-4H3/b14-8+. The van der Waals surface area contributed by atoms with Crippen LogP contribution in [0.15, 0.2) is 23.1 Å². The van der Waals surface area contributed by atoms with E-state index in [0.29, 0.717) is 5.75 Å². The number of amides is 2. The van der Waals surface area contributed by atoms with Gasteiger partial charge in [-0.3, -0.25) is 19.3 Å². The van der Waals surface area contributed by atoms with Crippen molar-refractivity contribution in [2.45, 2.75) is 26.9 Å². The first kappa shape index (κ1) is 18.1. The molecule has 0 saturated carbocycles. The molecule has 0 N–H and O–H groups in total. The Bertz CT molecular complexity index is 711. The van der Waals surface area contributed by atoms with Crippen molar-refractivity contribution < 1.29 is 23.9 Å². The maximum absolute atomic E-state index is 12.3. The fourth-order valence-corrected chi connectivity index (χ4v) is 2.98. The smallest absolute Gasteiger partial charge is 0.326 e. The van der Waals surface area contributed by atoms with E-state index in [-0.39, 0.29) is 17.6 Å². The molecule has 1 aliphatic heterocycles. The van der Waals surface area contributed by atoms with Gasteiger partial charge in [0.1, 0.15) is 12.3 Å². The summed E-state index contributed by atoms with van der Waals surface area (Å²) in [6.45, 7) is 4.95. The number of rotatable bonds is 5. The first-order chi connectivity index (χ1) is 11.3. The van der Waals surface area contributed by atoms with Gasteiger partial charge in [0.15, 0.2) is 0 Å². The molecule has 0 radical (unpaired) electrons. The highest BCUT2D eigenvalue weighted by Crippen LogP contribution is 2.33. The molecular formula is C17H19NO5S. The molecule has 128 valence electrons. The second-order valence-electron chi connectivity index (χ2n) is 5.54. The van der Waals surface area contributed by atoms with E-state index >= 15 is 0 Å². The van der Waals surface area contributed by atoms with Gasteiger partial charge in [-0.05, 0) is 55.8 Å². The average molecular weight is 349 g/mol. The highest BCUT2D eigenvalue weighted by molar-refractivity contribution is 8.18. The monoisotopic (exact) mass is 349 g/mol. The predicted octanol–water partition coefficient (Wildman–Crippen LogP) is 2.99. The molecule has 7 heteroatoms. The Balaban J connectivity index is 2.17. The first-order valence-electron chi connectivity index (χ1n) is 7.41. The van der Waals surface area contributed by atoms with Crippen molar-refractivity contribution in [3.63, 3.8) is 0 Å². The summed E-state index contributed by atoms with van der Waals surface area (Å²) < 4.78 is 10.2. The summed E-state index contributed by atoms with van der Waals surface area (Å²) in [7, 11) is 1.57. The van der Waals surface area contributed by atoms with Crippen molar-refractivity contribution in [3.05, 3.63) is 34.2 Å². The van der Waals surface area contributed by atoms with E-state index < -0.39 is 17.1 Å². The minimum absolute atomic E-state index is 0.267. The number of hydrogen-bond donors (Lipinski definition) is 0. The van der Waals surface area contributed by atoms with Gasteiger partial charge in [0, 0.05) is 0 Å². The predicted molar refractivity (Wildman–Crippen MR) is 91.6 cm³/mol. The average Bonchev–Trinajstić information content (AvgIpc) is 2.76. The molecular weight excluding hydrogens is 330 g/mol. The third-order valence-corrected chi connectivity index (χ3v) is 4.17. The van der Waals surface area contributed by atoms with Crippen LogP contribution in [-0.4, -0.2) is 41.8 Å². The topological polar surface area (TPSA) is 72.9 Å². The highest BCUT2D eigenvalue weighted by atomic mass is 32.2. The summed E-state index contributed by atoms with van der Waals surface area (Å²) in [6, 6.07) is 5.49. The van der Waals surface area contributed by atoms with E-state index in [0.717, 1.165) is 27.8 Å². The van der Waals surface area contributed by atoms with Crippen molar-refractivity contribution in [3.8, 4) is 5.75 Å². The van der Waals surface area contributed by atoms with Gasteiger partial charge in [-0.25, -0.2) is 0 Å². The molecule has 0 spiro atoms. The van der Waals surface area contributed by atoms with Crippen LogP contribution in [0.3, 0.4) is 0 Å². The Kier molecular flexibility index (Phi) is 5.66. The number of esters is 1. The lowest BCUT2D eigenvalue weighted by molar-refractivity contribution is -0.149. The number of thioether (sulfide) groups is 1. The Morgan fingerprint density at radius 2 is 2.04 bits per heavy atom. The van der Waals surface area contributed by atoms with Crippen LogP contribution in [0.25, 0.3) is 6.08 Å². The van der Waals surface area contributed by atoms with Crippen LogP contribution in [0, 0.1) is 6.92 Å². The molecule has 0 aliphatic carbocycles. The fourth-order valence-electron chi connectivity index (χ4n) is 2.14. The van der Waals surface area contributed by atoms with E-state index in [2.05, 4.69) is 0 Å². The number of ether oxygens (including phenoxy) is 2. The second-order valence-corrected chi connectivity index (χ2v) is 6.53. The second kappa shape index (κ2) is 7.53. The molecule has 1 heterocycles. The van der Waals surface area contributed by atoms with Crippen molar-refractivity contribution in [2.75, 3.05) is 13.7 Å². The molecule has 2 amide bonds. The maximum atomic E-state index is 12.3. The van der Waals surface area contributed by atoms with Crippen LogP contribution in [0.5, 0.6) is 5.75 Å². The lowest BCUT2D eigenvalue weighted by atomic mass is 10.1. The zero-order chi connectivity index (χ0) is 17.9. The third-order valence-electron chi connectivity index (χ3n) is 3.26. The van der Waals surface area contributed by atoms with E-state index in [1.54, 1.807) is 33.1 Å². The van der Waals surface area contributed by atoms with Crippen molar-refractivity contribution in [2.24, 2.45) is 0 Å². The van der Waals surface area contributed by atoms with Crippen molar-refractivity contribution >= 4 is 35.0 Å². The number of methoxy groups -OCH3 is 1. The number of nitrogens with zero attached hydrogens (tertiary/aromatic N) is 1. The molecule has 0 aromatic heterocycles. The highest BCUT2D eigenvalue weighted by Gasteiger charge is 2.36. The van der Waals surface area contributed by atoms with Crippen LogP contribution < -0.4 is 4.74 Å². The summed E-state index contributed by atoms with van der Waals surface area (Å²) >= 11 is 0.805. The largest absolute Gasteiger partial charge is 0.496 e. The van der Waals surface area contributed by atoms with Crippen LogP contribution in [0.4, 0.5) is 4.79 Å². The van der Waals surface area contributed by atoms with Gasteiger partial charge in [-0.2, -0.15) is 0 Å². The maximum Gasteiger partial charge on any atom is 0.326 e. The van der Waals surface area contributed by atoms with Crippen LogP contribution in [0.1, 0.15) is 25.0 Å². The zero-order valence-corrected chi connectivity index (χ0v) is 14.8. The van der Waals surface area contributed by atoms with E-state index in [1.807, 2.05) is 19.1 Å². The Morgan fingerprint density at radius 3 is 2.67 bits per heavy atom. The summed E-state index contributed by atoms with van der Waals surface area (Å²) in [5, 5.41) is -0.481. The van der Waals surface area contributed by atoms with Crippen LogP contribution in [0.2, 0.25) is 0 Å². The first-order valence-corrected chi connectivity index (χ1v) is 8.23. The molecule has 1 aromatic rings. The SMILES string of the molecule is COc1cc(/C=C2/SC(=O)N(CC(=O)OC(C)C)C2=O)ccc1C. The lowest BCUT2D eigenvalue weighted by Crippen LogP contribution is -2.35. The molecule has 0 atom stereocenters. The van der Waals surface area contributed by atoms with Gasteiger partial charge in [0.25, 0.3) is 11.1 Å². The summed E-state index contributed by atoms with van der Waals surface area (Å²) in [6.07, 6.45) is 1.31. The van der Waals surface area contributed by atoms with Crippen molar-refractivity contribution in [1.29, 1.82) is 0 Å². The van der Waals surface area contributed by atoms with Gasteiger partial charge in [-0.15, -0.1) is 0 Å². The van der Waals surface area contributed by atoms with Gasteiger partial charge in [-0.1, -0.05) is 12.1 Å². The Hall–Kier alpha value is -2.28. The van der Waals surface area contributed by atoms with Gasteiger partial charge in [0.2, 0.25) is 0 Å². The number of aryl methyl sites for hydroxylation is 1. The number of carbonyl (C=O) groups excluding carboxylic acids is 3. The van der Waals surface area contributed by atoms with Crippen molar-refractivity contribution in [1.82, 2.24) is 4.90 Å². The van der Waals surface area contributed by atoms with E-state index in [9.17, 15) is 14.4 Å². The van der Waals surface area contributed by atoms with E-state index in [1.165, 1.54) is 0 Å².